The van der Waals surface area contributed by atoms with Crippen LogP contribution < -0.4 is 11.1 Å². The molecule has 8 nitrogen and oxygen atoms in total. The Morgan fingerprint density at radius 2 is 2.30 bits per heavy atom. The minimum atomic E-state index is 0.0386. The molecule has 0 aromatic carbocycles. The van der Waals surface area contributed by atoms with E-state index in [0.29, 0.717) is 17.6 Å². The molecule has 1 saturated carbocycles. The molecule has 2 atom stereocenters. The first kappa shape index (κ1) is 17.9. The van der Waals surface area contributed by atoms with E-state index in [4.69, 9.17) is 21.1 Å². The van der Waals surface area contributed by atoms with Crippen LogP contribution in [0, 0.1) is 5.53 Å². The molecule has 2 rings (SSSR count). The van der Waals surface area contributed by atoms with Crippen LogP contribution in [0.1, 0.15) is 32.6 Å². The number of aromatic nitrogens is 2. The van der Waals surface area contributed by atoms with Crippen LogP contribution >= 0.6 is 11.8 Å². The fraction of sp³-hybridized carbons (Fsp3) is 0.714. The van der Waals surface area contributed by atoms with Crippen molar-refractivity contribution in [3.05, 3.63) is 0 Å². The van der Waals surface area contributed by atoms with Crippen LogP contribution in [-0.2, 0) is 4.74 Å². The zero-order valence-electron chi connectivity index (χ0n) is 13.3. The third-order valence-corrected chi connectivity index (χ3v) is 4.66. The average Bonchev–Trinajstić information content (AvgIpc) is 2.98. The zero-order chi connectivity index (χ0) is 16.7. The zero-order valence-corrected chi connectivity index (χ0v) is 14.1. The van der Waals surface area contributed by atoms with Gasteiger partial charge in [-0.3, -0.25) is 0 Å². The number of rotatable bonds is 9. The molecule has 0 saturated heterocycles. The summed E-state index contributed by atoms with van der Waals surface area (Å²) in [7, 11) is 0. The second kappa shape index (κ2) is 8.99. The smallest absolute Gasteiger partial charge is 0.191 e. The maximum atomic E-state index is 8.82. The van der Waals surface area contributed by atoms with Crippen LogP contribution in [0.5, 0.6) is 0 Å². The summed E-state index contributed by atoms with van der Waals surface area (Å²) < 4.78 is 5.57. The Labute approximate surface area is 140 Å². The van der Waals surface area contributed by atoms with E-state index < -0.39 is 0 Å². The molecular formula is C14H24N6O2S. The van der Waals surface area contributed by atoms with Gasteiger partial charge in [0.2, 0.25) is 0 Å². The molecule has 23 heavy (non-hydrogen) atoms. The van der Waals surface area contributed by atoms with Gasteiger partial charge in [0, 0.05) is 11.8 Å². The fourth-order valence-corrected chi connectivity index (χ4v) is 3.26. The normalized spacial score (nSPS) is 20.6. The van der Waals surface area contributed by atoms with Gasteiger partial charge in [-0.25, -0.2) is 15.5 Å². The molecule has 0 spiro atoms. The number of aliphatic hydroxyl groups is 1. The molecule has 0 radical (unpaired) electrons. The molecule has 0 unspecified atom stereocenters. The standard InChI is InChI=1S/C14H24N6O2S/c1-2-7-23-14-18-12(15)11(20-16)13(19-14)17-9-3-4-10(8-9)22-6-5-21/h9-10,16,21H,2-8H2,1H3,(H3,15,17,18,19)/t9-,10+/m0/s1. The number of thioether (sulfide) groups is 1. The Balaban J connectivity index is 2.05. The van der Waals surface area contributed by atoms with Crippen LogP contribution in [0.2, 0.25) is 0 Å². The number of nitrogens with zero attached hydrogens (tertiary/aromatic N) is 3. The van der Waals surface area contributed by atoms with E-state index >= 15 is 0 Å². The molecule has 9 heteroatoms. The predicted octanol–water partition coefficient (Wildman–Crippen LogP) is 2.57. The molecule has 1 aromatic rings. The van der Waals surface area contributed by atoms with Crippen LogP contribution in [0.4, 0.5) is 17.3 Å². The minimum absolute atomic E-state index is 0.0386. The first-order chi connectivity index (χ1) is 11.2. The van der Waals surface area contributed by atoms with Gasteiger partial charge in [0.25, 0.3) is 0 Å². The second-order valence-electron chi connectivity index (χ2n) is 5.42. The highest BCUT2D eigenvalue weighted by Crippen LogP contribution is 2.34. The summed E-state index contributed by atoms with van der Waals surface area (Å²) in [5.74, 6) is 1.65. The summed E-state index contributed by atoms with van der Waals surface area (Å²) >= 11 is 1.54. The van der Waals surface area contributed by atoms with Gasteiger partial charge in [-0.05, 0) is 25.7 Å². The van der Waals surface area contributed by atoms with Crippen molar-refractivity contribution >= 4 is 29.1 Å². The number of nitrogens with one attached hydrogen (secondary N) is 2. The number of ether oxygens (including phenoxy) is 1. The van der Waals surface area contributed by atoms with Crippen molar-refractivity contribution in [2.24, 2.45) is 5.11 Å². The highest BCUT2D eigenvalue weighted by atomic mass is 32.2. The quantitative estimate of drug-likeness (QED) is 0.309. The highest BCUT2D eigenvalue weighted by Gasteiger charge is 2.26. The SMILES string of the molecule is CCCSc1nc(N)c(N=N)c(N[C@H]2CC[C@@H](OCCO)C2)n1. The number of anilines is 2. The molecular weight excluding hydrogens is 316 g/mol. The van der Waals surface area contributed by atoms with Gasteiger partial charge < -0.3 is 20.9 Å². The lowest BCUT2D eigenvalue weighted by atomic mass is 10.2. The van der Waals surface area contributed by atoms with Gasteiger partial charge in [0.05, 0.1) is 19.3 Å². The second-order valence-corrected chi connectivity index (χ2v) is 6.48. The van der Waals surface area contributed by atoms with Crippen LogP contribution in [-0.4, -0.2) is 46.2 Å². The van der Waals surface area contributed by atoms with Crippen LogP contribution in [0.25, 0.3) is 0 Å². The van der Waals surface area contributed by atoms with E-state index in [2.05, 4.69) is 27.3 Å². The summed E-state index contributed by atoms with van der Waals surface area (Å²) in [6.45, 7) is 2.49. The van der Waals surface area contributed by atoms with Crippen molar-refractivity contribution in [1.29, 1.82) is 5.53 Å². The van der Waals surface area contributed by atoms with Gasteiger partial charge in [-0.1, -0.05) is 18.7 Å². The number of hydrogen-bond donors (Lipinski definition) is 4. The van der Waals surface area contributed by atoms with Crippen molar-refractivity contribution in [1.82, 2.24) is 9.97 Å². The Morgan fingerprint density at radius 3 is 3.00 bits per heavy atom. The summed E-state index contributed by atoms with van der Waals surface area (Å²) in [5, 5.41) is 16.2. The summed E-state index contributed by atoms with van der Waals surface area (Å²) in [5.41, 5.74) is 13.5. The topological polar surface area (TPSA) is 130 Å². The van der Waals surface area contributed by atoms with E-state index in [0.717, 1.165) is 31.4 Å². The molecule has 1 aromatic heterocycles. The van der Waals surface area contributed by atoms with E-state index in [1.165, 1.54) is 11.8 Å². The van der Waals surface area contributed by atoms with Crippen molar-refractivity contribution in [3.8, 4) is 0 Å². The van der Waals surface area contributed by atoms with E-state index in [1.807, 2.05) is 0 Å². The van der Waals surface area contributed by atoms with E-state index in [-0.39, 0.29) is 30.3 Å². The Morgan fingerprint density at radius 1 is 1.48 bits per heavy atom. The van der Waals surface area contributed by atoms with Crippen molar-refractivity contribution in [3.63, 3.8) is 0 Å². The molecule has 0 bridgehead atoms. The lowest BCUT2D eigenvalue weighted by molar-refractivity contribution is 0.0326. The van der Waals surface area contributed by atoms with Gasteiger partial charge in [0.15, 0.2) is 22.5 Å². The number of hydrogen-bond acceptors (Lipinski definition) is 9. The van der Waals surface area contributed by atoms with Gasteiger partial charge >= 0.3 is 0 Å². The molecule has 1 aliphatic rings. The Hall–Kier alpha value is -1.45. The predicted molar refractivity (Wildman–Crippen MR) is 90.4 cm³/mol. The number of aliphatic hydroxyl groups excluding tert-OH is 1. The third kappa shape index (κ3) is 5.02. The summed E-state index contributed by atoms with van der Waals surface area (Å²) in [4.78, 5) is 8.65. The number of nitrogen functional groups attached to an aromatic ring is 1. The number of nitrogens with two attached hydrogens (primary N) is 1. The molecule has 1 aliphatic carbocycles. The molecule has 0 aliphatic heterocycles. The maximum absolute atomic E-state index is 8.82. The third-order valence-electron chi connectivity index (χ3n) is 3.61. The largest absolute Gasteiger partial charge is 0.394 e. The average molecular weight is 340 g/mol. The molecule has 128 valence electrons. The van der Waals surface area contributed by atoms with E-state index in [1.54, 1.807) is 0 Å². The fourth-order valence-electron chi connectivity index (χ4n) is 2.55. The summed E-state index contributed by atoms with van der Waals surface area (Å²) in [6, 6.07) is 0.192. The Kier molecular flexibility index (Phi) is 7.00. The van der Waals surface area contributed by atoms with Crippen molar-refractivity contribution in [2.45, 2.75) is 49.9 Å². The minimum Gasteiger partial charge on any atom is -0.394 e. The Bertz CT molecular complexity index is 530. The van der Waals surface area contributed by atoms with Crippen LogP contribution in [0.3, 0.4) is 0 Å². The van der Waals surface area contributed by atoms with Crippen LogP contribution in [0.15, 0.2) is 10.3 Å². The van der Waals surface area contributed by atoms with Gasteiger partial charge in [-0.15, -0.1) is 0 Å². The first-order valence-corrected chi connectivity index (χ1v) is 8.83. The maximum Gasteiger partial charge on any atom is 0.191 e. The van der Waals surface area contributed by atoms with Crippen molar-refractivity contribution < 1.29 is 9.84 Å². The summed E-state index contributed by atoms with van der Waals surface area (Å²) in [6.07, 6.45) is 3.87. The van der Waals surface area contributed by atoms with E-state index in [9.17, 15) is 0 Å². The van der Waals surface area contributed by atoms with Crippen molar-refractivity contribution in [2.75, 3.05) is 30.0 Å². The molecule has 0 amide bonds. The molecule has 1 fully saturated rings. The highest BCUT2D eigenvalue weighted by molar-refractivity contribution is 7.99. The monoisotopic (exact) mass is 340 g/mol. The molecule has 5 N–H and O–H groups in total. The first-order valence-electron chi connectivity index (χ1n) is 7.84. The lowest BCUT2D eigenvalue weighted by Gasteiger charge is -2.16. The van der Waals surface area contributed by atoms with Gasteiger partial charge in [0.1, 0.15) is 0 Å². The lowest BCUT2D eigenvalue weighted by Crippen LogP contribution is -2.20. The van der Waals surface area contributed by atoms with Gasteiger partial charge in [-0.2, -0.15) is 5.11 Å². The molecule has 1 heterocycles.